The number of hydrogen-bond donors (Lipinski definition) is 1. The first-order chi connectivity index (χ1) is 6.20. The summed E-state index contributed by atoms with van der Waals surface area (Å²) >= 11 is 0. The van der Waals surface area contributed by atoms with Crippen LogP contribution in [0.3, 0.4) is 0 Å². The predicted molar refractivity (Wildman–Crippen MR) is 46.6 cm³/mol. The second kappa shape index (κ2) is 3.72. The monoisotopic (exact) mass is 183 g/mol. The van der Waals surface area contributed by atoms with Crippen LogP contribution in [0.4, 0.5) is 11.4 Å². The summed E-state index contributed by atoms with van der Waals surface area (Å²) < 4.78 is 4.76. The van der Waals surface area contributed by atoms with Gasteiger partial charge < -0.3 is 15.4 Å². The second-order valence-electron chi connectivity index (χ2n) is 2.21. The maximum atomic E-state index is 10.4. The maximum absolute atomic E-state index is 10.4. The van der Waals surface area contributed by atoms with Gasteiger partial charge in [-0.2, -0.15) is 0 Å². The first kappa shape index (κ1) is 9.27. The summed E-state index contributed by atoms with van der Waals surface area (Å²) in [5.41, 5.74) is 1.03. The van der Waals surface area contributed by atoms with Gasteiger partial charge in [-0.25, -0.2) is 0 Å². The van der Waals surface area contributed by atoms with E-state index in [0.717, 1.165) is 0 Å². The highest BCUT2D eigenvalue weighted by Gasteiger charge is 2.14. The molecule has 70 valence electrons. The molecule has 0 heterocycles. The summed E-state index contributed by atoms with van der Waals surface area (Å²) in [6.07, 6.45) is 0. The SMILES string of the molecule is COc1cccc([N+](=O)[O-])c1N[O-]. The highest BCUT2D eigenvalue weighted by atomic mass is 16.6. The van der Waals surface area contributed by atoms with Crippen molar-refractivity contribution in [1.82, 2.24) is 0 Å². The third-order valence-corrected chi connectivity index (χ3v) is 1.52. The molecule has 0 aromatic heterocycles. The number of anilines is 1. The minimum Gasteiger partial charge on any atom is -0.761 e. The zero-order valence-corrected chi connectivity index (χ0v) is 6.81. The number of nitrogens with one attached hydrogen (secondary N) is 1. The third-order valence-electron chi connectivity index (χ3n) is 1.52. The Balaban J connectivity index is 3.27. The van der Waals surface area contributed by atoms with Crippen molar-refractivity contribution in [1.29, 1.82) is 0 Å². The average molecular weight is 183 g/mol. The number of nitro benzene ring substituents is 1. The summed E-state index contributed by atoms with van der Waals surface area (Å²) in [6.45, 7) is 0. The lowest BCUT2D eigenvalue weighted by molar-refractivity contribution is -0.384. The number of nitrogens with zero attached hydrogens (tertiary/aromatic N) is 1. The number of hydrogen-bond acceptors (Lipinski definition) is 5. The molecule has 1 aromatic rings. The van der Waals surface area contributed by atoms with Crippen molar-refractivity contribution >= 4 is 11.4 Å². The van der Waals surface area contributed by atoms with E-state index in [1.165, 1.54) is 30.8 Å². The molecule has 0 spiro atoms. The molecule has 1 N–H and O–H groups in total. The molecule has 0 saturated carbocycles. The van der Waals surface area contributed by atoms with E-state index in [-0.39, 0.29) is 17.1 Å². The molecule has 0 aliphatic heterocycles. The quantitative estimate of drug-likeness (QED) is 0.566. The molecule has 1 rings (SSSR count). The van der Waals surface area contributed by atoms with E-state index in [1.807, 2.05) is 0 Å². The maximum Gasteiger partial charge on any atom is 0.295 e. The van der Waals surface area contributed by atoms with Crippen molar-refractivity contribution in [3.63, 3.8) is 0 Å². The van der Waals surface area contributed by atoms with Crippen LogP contribution in [0.5, 0.6) is 5.75 Å². The van der Waals surface area contributed by atoms with Gasteiger partial charge in [0.2, 0.25) is 0 Å². The minimum absolute atomic E-state index is 0.157. The van der Waals surface area contributed by atoms with Crippen molar-refractivity contribution in [2.45, 2.75) is 0 Å². The highest BCUT2D eigenvalue weighted by molar-refractivity contribution is 5.70. The van der Waals surface area contributed by atoms with E-state index in [1.54, 1.807) is 0 Å². The molecule has 1 aromatic carbocycles. The molecule has 13 heavy (non-hydrogen) atoms. The Morgan fingerprint density at radius 2 is 2.23 bits per heavy atom. The molecule has 0 unspecified atom stereocenters. The Bertz CT molecular complexity index is 326. The van der Waals surface area contributed by atoms with Crippen LogP contribution < -0.4 is 10.2 Å². The molecule has 0 bridgehead atoms. The number of para-hydroxylation sites is 1. The van der Waals surface area contributed by atoms with Crippen LogP contribution in [-0.2, 0) is 0 Å². The highest BCUT2D eigenvalue weighted by Crippen LogP contribution is 2.33. The fourth-order valence-electron chi connectivity index (χ4n) is 0.944. The van der Waals surface area contributed by atoms with Gasteiger partial charge in [0.15, 0.2) is 0 Å². The van der Waals surface area contributed by atoms with Gasteiger partial charge in [-0.1, -0.05) is 6.07 Å². The van der Waals surface area contributed by atoms with E-state index >= 15 is 0 Å². The molecule has 0 saturated heterocycles. The van der Waals surface area contributed by atoms with Gasteiger partial charge in [0, 0.05) is 6.07 Å². The summed E-state index contributed by atoms with van der Waals surface area (Å²) in [7, 11) is 1.33. The lowest BCUT2D eigenvalue weighted by atomic mass is 10.2. The summed E-state index contributed by atoms with van der Waals surface area (Å²) in [6, 6.07) is 4.13. The number of rotatable bonds is 3. The van der Waals surface area contributed by atoms with E-state index in [0.29, 0.717) is 0 Å². The van der Waals surface area contributed by atoms with Crippen LogP contribution in [0.1, 0.15) is 0 Å². The van der Waals surface area contributed by atoms with Gasteiger partial charge in [-0.3, -0.25) is 10.1 Å². The molecule has 0 atom stereocenters. The Hall–Kier alpha value is -1.82. The molecule has 0 radical (unpaired) electrons. The van der Waals surface area contributed by atoms with E-state index in [2.05, 4.69) is 0 Å². The smallest absolute Gasteiger partial charge is 0.295 e. The molecule has 6 heteroatoms. The van der Waals surface area contributed by atoms with Gasteiger partial charge >= 0.3 is 0 Å². The fraction of sp³-hybridized carbons (Fsp3) is 0.143. The fourth-order valence-corrected chi connectivity index (χ4v) is 0.944. The summed E-state index contributed by atoms with van der Waals surface area (Å²) in [5, 5.41) is 20.8. The Kier molecular flexibility index (Phi) is 2.65. The lowest BCUT2D eigenvalue weighted by Crippen LogP contribution is -1.97. The van der Waals surface area contributed by atoms with Gasteiger partial charge in [0.25, 0.3) is 5.69 Å². The molecule has 0 aliphatic carbocycles. The normalized spacial score (nSPS) is 9.38. The van der Waals surface area contributed by atoms with Gasteiger partial charge in [-0.15, -0.1) is 0 Å². The standard InChI is InChI=1S/C7H7N2O4/c1-13-6-4-2-3-5(9(11)12)7(6)8-10/h2-4,8H,1H3/q-1. The number of nitro groups is 1. The summed E-state index contributed by atoms with van der Waals surface area (Å²) in [5.74, 6) is 0.157. The van der Waals surface area contributed by atoms with Crippen LogP contribution in [0.15, 0.2) is 18.2 Å². The molecule has 0 amide bonds. The van der Waals surface area contributed by atoms with E-state index in [4.69, 9.17) is 4.74 Å². The molecule has 0 fully saturated rings. The van der Waals surface area contributed by atoms with Gasteiger partial charge in [0.05, 0.1) is 12.0 Å². The Morgan fingerprint density at radius 3 is 2.69 bits per heavy atom. The van der Waals surface area contributed by atoms with Crippen molar-refractivity contribution < 1.29 is 9.66 Å². The van der Waals surface area contributed by atoms with Crippen molar-refractivity contribution in [3.8, 4) is 5.75 Å². The molecular weight excluding hydrogens is 176 g/mol. The largest absolute Gasteiger partial charge is 0.761 e. The zero-order chi connectivity index (χ0) is 9.84. The van der Waals surface area contributed by atoms with Crippen molar-refractivity contribution in [2.75, 3.05) is 12.6 Å². The van der Waals surface area contributed by atoms with Crippen LogP contribution in [0.25, 0.3) is 0 Å². The zero-order valence-electron chi connectivity index (χ0n) is 6.81. The molecule has 6 nitrogen and oxygen atoms in total. The Morgan fingerprint density at radius 1 is 1.54 bits per heavy atom. The van der Waals surface area contributed by atoms with Gasteiger partial charge in [-0.05, 0) is 6.07 Å². The summed E-state index contributed by atoms with van der Waals surface area (Å²) in [4.78, 5) is 9.77. The average Bonchev–Trinajstić information content (AvgIpc) is 2.16. The first-order valence-corrected chi connectivity index (χ1v) is 3.40. The third kappa shape index (κ3) is 1.67. The van der Waals surface area contributed by atoms with E-state index < -0.39 is 4.92 Å². The first-order valence-electron chi connectivity index (χ1n) is 3.40. The number of benzene rings is 1. The second-order valence-corrected chi connectivity index (χ2v) is 2.21. The van der Waals surface area contributed by atoms with Crippen molar-refractivity contribution in [2.24, 2.45) is 0 Å². The van der Waals surface area contributed by atoms with Crippen molar-refractivity contribution in [3.05, 3.63) is 33.5 Å². The number of methoxy groups -OCH3 is 1. The predicted octanol–water partition coefficient (Wildman–Crippen LogP) is 1.51. The van der Waals surface area contributed by atoms with Crippen LogP contribution in [0, 0.1) is 15.3 Å². The van der Waals surface area contributed by atoms with E-state index in [9.17, 15) is 15.3 Å². The molecule has 0 aliphatic rings. The minimum atomic E-state index is -0.650. The molecular formula is C7H7N2O4-. The van der Waals surface area contributed by atoms with Gasteiger partial charge in [0.1, 0.15) is 11.4 Å². The topological polar surface area (TPSA) is 87.5 Å². The lowest BCUT2D eigenvalue weighted by Gasteiger charge is -2.13. The van der Waals surface area contributed by atoms with Crippen LogP contribution >= 0.6 is 0 Å². The Labute approximate surface area is 73.9 Å². The van der Waals surface area contributed by atoms with Crippen LogP contribution in [0.2, 0.25) is 0 Å². The number of ether oxygens (including phenoxy) is 1. The van der Waals surface area contributed by atoms with Crippen LogP contribution in [-0.4, -0.2) is 12.0 Å².